The minimum Gasteiger partial charge on any atom is -0.345 e. The normalized spacial score (nSPS) is 11.1. The number of hydrogen-bond acceptors (Lipinski definition) is 1. The van der Waals surface area contributed by atoms with Gasteiger partial charge >= 0.3 is 0 Å². The first-order valence-electron chi connectivity index (χ1n) is 4.38. The maximum Gasteiger partial charge on any atom is 0.110 e. The first kappa shape index (κ1) is 9.84. The standard InChI is InChI=1S/C10H10Cl2N2/c11-7-2-1-3-8-9(7)6(4-5-13)10(12)14-8/h1-3,14H,4-5,13H2. The lowest BCUT2D eigenvalue weighted by atomic mass is 10.1. The van der Waals surface area contributed by atoms with Gasteiger partial charge in [0.1, 0.15) is 5.15 Å². The monoisotopic (exact) mass is 228 g/mol. The number of nitrogens with one attached hydrogen (secondary N) is 1. The molecule has 2 nitrogen and oxygen atoms in total. The molecule has 0 spiro atoms. The lowest BCUT2D eigenvalue weighted by Crippen LogP contribution is -2.02. The molecule has 0 saturated heterocycles. The predicted octanol–water partition coefficient (Wildman–Crippen LogP) is 2.98. The number of halogens is 2. The van der Waals surface area contributed by atoms with Crippen LogP contribution in [0, 0.1) is 0 Å². The molecular weight excluding hydrogens is 219 g/mol. The van der Waals surface area contributed by atoms with Gasteiger partial charge in [-0.3, -0.25) is 0 Å². The molecule has 74 valence electrons. The molecule has 0 fully saturated rings. The van der Waals surface area contributed by atoms with Crippen LogP contribution < -0.4 is 5.73 Å². The van der Waals surface area contributed by atoms with Crippen LogP contribution in [0.4, 0.5) is 0 Å². The average molecular weight is 229 g/mol. The SMILES string of the molecule is NCCc1c(Cl)[nH]c2cccc(Cl)c12. The topological polar surface area (TPSA) is 41.8 Å². The molecule has 2 aromatic rings. The maximum absolute atomic E-state index is 6.09. The lowest BCUT2D eigenvalue weighted by molar-refractivity contribution is 0.976. The van der Waals surface area contributed by atoms with Crippen LogP contribution in [-0.2, 0) is 6.42 Å². The molecule has 2 rings (SSSR count). The van der Waals surface area contributed by atoms with Gasteiger partial charge in [-0.15, -0.1) is 0 Å². The summed E-state index contributed by atoms with van der Waals surface area (Å²) in [5, 5.41) is 2.34. The zero-order valence-electron chi connectivity index (χ0n) is 7.48. The number of nitrogens with two attached hydrogens (primary N) is 1. The highest BCUT2D eigenvalue weighted by Crippen LogP contribution is 2.31. The Morgan fingerprint density at radius 3 is 2.79 bits per heavy atom. The van der Waals surface area contributed by atoms with Crippen LogP contribution in [0.1, 0.15) is 5.56 Å². The molecule has 0 unspecified atom stereocenters. The molecule has 4 heteroatoms. The molecule has 0 amide bonds. The van der Waals surface area contributed by atoms with Gasteiger partial charge in [0.05, 0.1) is 5.02 Å². The van der Waals surface area contributed by atoms with Crippen molar-refractivity contribution >= 4 is 34.1 Å². The van der Waals surface area contributed by atoms with E-state index in [-0.39, 0.29) is 0 Å². The van der Waals surface area contributed by atoms with E-state index >= 15 is 0 Å². The van der Waals surface area contributed by atoms with E-state index in [0.717, 1.165) is 22.9 Å². The highest BCUT2D eigenvalue weighted by atomic mass is 35.5. The smallest absolute Gasteiger partial charge is 0.110 e. The molecule has 0 bridgehead atoms. The summed E-state index contributed by atoms with van der Waals surface area (Å²) in [4.78, 5) is 3.08. The second-order valence-corrected chi connectivity index (χ2v) is 3.90. The number of aromatic amines is 1. The van der Waals surface area contributed by atoms with Crippen LogP contribution >= 0.6 is 23.2 Å². The molecule has 0 aliphatic rings. The van der Waals surface area contributed by atoms with Gasteiger partial charge < -0.3 is 10.7 Å². The molecule has 0 aliphatic heterocycles. The second kappa shape index (κ2) is 3.81. The molecule has 1 aromatic heterocycles. The van der Waals surface area contributed by atoms with E-state index in [1.54, 1.807) is 0 Å². The fourth-order valence-electron chi connectivity index (χ4n) is 1.62. The predicted molar refractivity (Wildman–Crippen MR) is 61.1 cm³/mol. The van der Waals surface area contributed by atoms with Gasteiger partial charge in [0, 0.05) is 10.9 Å². The number of fused-ring (bicyclic) bond motifs is 1. The quantitative estimate of drug-likeness (QED) is 0.816. The van der Waals surface area contributed by atoms with E-state index in [1.807, 2.05) is 18.2 Å². The Bertz CT molecular complexity index is 462. The van der Waals surface area contributed by atoms with E-state index in [0.29, 0.717) is 16.7 Å². The fourth-order valence-corrected chi connectivity index (χ4v) is 2.20. The molecule has 14 heavy (non-hydrogen) atoms. The molecule has 0 radical (unpaired) electrons. The lowest BCUT2D eigenvalue weighted by Gasteiger charge is -1.98. The first-order chi connectivity index (χ1) is 6.74. The van der Waals surface area contributed by atoms with Crippen molar-refractivity contribution in [2.24, 2.45) is 5.73 Å². The molecule has 0 atom stereocenters. The Morgan fingerprint density at radius 2 is 2.07 bits per heavy atom. The Balaban J connectivity index is 2.73. The number of benzene rings is 1. The maximum atomic E-state index is 6.09. The highest BCUT2D eigenvalue weighted by molar-refractivity contribution is 6.37. The number of hydrogen-bond donors (Lipinski definition) is 2. The van der Waals surface area contributed by atoms with Crippen molar-refractivity contribution in [1.29, 1.82) is 0 Å². The number of rotatable bonds is 2. The molecule has 0 aliphatic carbocycles. The molecule has 0 saturated carbocycles. The summed E-state index contributed by atoms with van der Waals surface area (Å²) in [7, 11) is 0. The van der Waals surface area contributed by atoms with Gasteiger partial charge in [0.25, 0.3) is 0 Å². The molecule has 1 aromatic carbocycles. The van der Waals surface area contributed by atoms with Crippen molar-refractivity contribution in [3.63, 3.8) is 0 Å². The second-order valence-electron chi connectivity index (χ2n) is 3.12. The van der Waals surface area contributed by atoms with Crippen LogP contribution in [0.15, 0.2) is 18.2 Å². The Labute approximate surface area is 92.0 Å². The summed E-state index contributed by atoms with van der Waals surface area (Å²) < 4.78 is 0. The van der Waals surface area contributed by atoms with Crippen LogP contribution in [0.3, 0.4) is 0 Å². The van der Waals surface area contributed by atoms with Crippen LogP contribution in [0.5, 0.6) is 0 Å². The summed E-state index contributed by atoms with van der Waals surface area (Å²) in [6, 6.07) is 5.70. The van der Waals surface area contributed by atoms with Crippen molar-refractivity contribution in [2.75, 3.05) is 6.54 Å². The van der Waals surface area contributed by atoms with Gasteiger partial charge in [-0.2, -0.15) is 0 Å². The van der Waals surface area contributed by atoms with E-state index in [9.17, 15) is 0 Å². The summed E-state index contributed by atoms with van der Waals surface area (Å²) in [5.74, 6) is 0. The molecular formula is C10H10Cl2N2. The van der Waals surface area contributed by atoms with Crippen molar-refractivity contribution in [3.05, 3.63) is 33.9 Å². The minimum absolute atomic E-state index is 0.567. The van der Waals surface area contributed by atoms with Crippen molar-refractivity contribution in [1.82, 2.24) is 4.98 Å². The van der Waals surface area contributed by atoms with Gasteiger partial charge in [-0.25, -0.2) is 0 Å². The van der Waals surface area contributed by atoms with Gasteiger partial charge in [0.15, 0.2) is 0 Å². The van der Waals surface area contributed by atoms with Crippen LogP contribution in [0.25, 0.3) is 10.9 Å². The first-order valence-corrected chi connectivity index (χ1v) is 5.14. The average Bonchev–Trinajstić information content (AvgIpc) is 2.45. The van der Waals surface area contributed by atoms with E-state index in [4.69, 9.17) is 28.9 Å². The van der Waals surface area contributed by atoms with Crippen LogP contribution in [0.2, 0.25) is 10.2 Å². The third-order valence-corrected chi connectivity index (χ3v) is 2.86. The summed E-state index contributed by atoms with van der Waals surface area (Å²) in [6.45, 7) is 0.567. The van der Waals surface area contributed by atoms with Crippen molar-refractivity contribution < 1.29 is 0 Å². The Hall–Kier alpha value is -0.700. The van der Waals surface area contributed by atoms with E-state index in [1.165, 1.54) is 0 Å². The zero-order chi connectivity index (χ0) is 10.1. The van der Waals surface area contributed by atoms with Gasteiger partial charge in [-0.05, 0) is 30.7 Å². The van der Waals surface area contributed by atoms with Gasteiger partial charge in [0.2, 0.25) is 0 Å². The number of aromatic nitrogens is 1. The third kappa shape index (κ3) is 1.50. The van der Waals surface area contributed by atoms with Gasteiger partial charge in [-0.1, -0.05) is 29.3 Å². The van der Waals surface area contributed by atoms with E-state index < -0.39 is 0 Å². The Kier molecular flexibility index (Phi) is 2.68. The molecule has 3 N–H and O–H groups in total. The largest absolute Gasteiger partial charge is 0.345 e. The van der Waals surface area contributed by atoms with Crippen molar-refractivity contribution in [3.8, 4) is 0 Å². The zero-order valence-corrected chi connectivity index (χ0v) is 8.99. The molecule has 1 heterocycles. The van der Waals surface area contributed by atoms with E-state index in [2.05, 4.69) is 4.98 Å². The third-order valence-electron chi connectivity index (χ3n) is 2.22. The summed E-state index contributed by atoms with van der Waals surface area (Å²) >= 11 is 12.1. The summed E-state index contributed by atoms with van der Waals surface area (Å²) in [5.41, 5.74) is 7.49. The highest BCUT2D eigenvalue weighted by Gasteiger charge is 2.11. The number of H-pyrrole nitrogens is 1. The minimum atomic E-state index is 0.567. The summed E-state index contributed by atoms with van der Waals surface area (Å²) in [6.07, 6.45) is 0.739. The van der Waals surface area contributed by atoms with Crippen LogP contribution in [-0.4, -0.2) is 11.5 Å². The Morgan fingerprint density at radius 1 is 1.29 bits per heavy atom. The van der Waals surface area contributed by atoms with Crippen molar-refractivity contribution in [2.45, 2.75) is 6.42 Å². The fraction of sp³-hybridized carbons (Fsp3) is 0.200.